The lowest BCUT2D eigenvalue weighted by atomic mass is 10.0. The summed E-state index contributed by atoms with van der Waals surface area (Å²) < 4.78 is 21.8. The summed E-state index contributed by atoms with van der Waals surface area (Å²) in [7, 11) is 0. The van der Waals surface area contributed by atoms with Crippen LogP contribution in [0, 0.1) is 0 Å². The number of rotatable bonds is 23. The number of allylic oxidation sites excluding steroid dienone is 5. The van der Waals surface area contributed by atoms with Crippen molar-refractivity contribution in [3.8, 4) is 0 Å². The Hall–Kier alpha value is -4.69. The van der Waals surface area contributed by atoms with Crippen LogP contribution in [0.25, 0.3) is 6.08 Å². The van der Waals surface area contributed by atoms with E-state index in [-0.39, 0.29) is 56.7 Å². The number of hydrogen-bond donors (Lipinski definition) is 2. The van der Waals surface area contributed by atoms with E-state index in [0.29, 0.717) is 59.3 Å². The Balaban J connectivity index is 1.14. The molecule has 0 saturated heterocycles. The fourth-order valence-electron chi connectivity index (χ4n) is 4.88. The number of anilines is 1. The lowest BCUT2D eigenvalue weighted by Gasteiger charge is -2.27. The summed E-state index contributed by atoms with van der Waals surface area (Å²) >= 11 is 0. The fraction of sp³-hybridized carbons (Fsp3) is 0.432. The highest BCUT2D eigenvalue weighted by atomic mass is 16.6. The number of fused-ring (bicyclic) bond motifs is 1. The van der Waals surface area contributed by atoms with Crippen LogP contribution >= 0.6 is 0 Å². The smallest absolute Gasteiger partial charge is 0.253 e. The molecular weight excluding hydrogens is 644 g/mol. The number of imide groups is 1. The van der Waals surface area contributed by atoms with E-state index in [1.807, 2.05) is 55.5 Å². The summed E-state index contributed by atoms with van der Waals surface area (Å²) in [4.78, 5) is 63.1. The molecule has 50 heavy (non-hydrogen) atoms. The lowest BCUT2D eigenvalue weighted by Crippen LogP contribution is -2.36. The van der Waals surface area contributed by atoms with E-state index in [2.05, 4.69) is 17.2 Å². The van der Waals surface area contributed by atoms with Crippen LogP contribution in [0.1, 0.15) is 31.7 Å². The van der Waals surface area contributed by atoms with Gasteiger partial charge in [0.2, 0.25) is 17.7 Å². The summed E-state index contributed by atoms with van der Waals surface area (Å²) in [6.45, 7) is 9.50. The second kappa shape index (κ2) is 22.9. The molecule has 0 bridgehead atoms. The highest BCUT2D eigenvalue weighted by Crippen LogP contribution is 2.27. The first-order valence-electron chi connectivity index (χ1n) is 16.7. The van der Waals surface area contributed by atoms with Crippen LogP contribution in [-0.2, 0) is 42.9 Å². The zero-order valence-corrected chi connectivity index (χ0v) is 28.7. The number of para-hydroxylation sites is 1. The predicted molar refractivity (Wildman–Crippen MR) is 189 cm³/mol. The fourth-order valence-corrected chi connectivity index (χ4v) is 4.88. The average molecular weight is 693 g/mol. The maximum atomic E-state index is 13.3. The topological polar surface area (TPSA) is 153 Å². The van der Waals surface area contributed by atoms with Gasteiger partial charge >= 0.3 is 0 Å². The van der Waals surface area contributed by atoms with Crippen molar-refractivity contribution in [1.29, 1.82) is 0 Å². The van der Waals surface area contributed by atoms with Gasteiger partial charge in [0.1, 0.15) is 0 Å². The van der Waals surface area contributed by atoms with Crippen molar-refractivity contribution < 1.29 is 42.9 Å². The summed E-state index contributed by atoms with van der Waals surface area (Å²) in [6.07, 6.45) is 12.4. The SMILES string of the molecule is C=C/C=C\C1=C(C)CN(C(=O)CCNC(=O)CCOCCOCCOCCOCCNC(=O)CCN2C(=O)C=CC2=O)c2ccccc2/C=C\1. The van der Waals surface area contributed by atoms with Crippen molar-refractivity contribution in [3.05, 3.63) is 84.0 Å². The minimum Gasteiger partial charge on any atom is -0.379 e. The largest absolute Gasteiger partial charge is 0.379 e. The molecule has 0 atom stereocenters. The average Bonchev–Trinajstić information content (AvgIpc) is 3.43. The van der Waals surface area contributed by atoms with Crippen molar-refractivity contribution in [2.75, 3.05) is 83.9 Å². The number of carbonyl (C=O) groups is 5. The maximum Gasteiger partial charge on any atom is 0.253 e. The van der Waals surface area contributed by atoms with Crippen molar-refractivity contribution in [2.24, 2.45) is 0 Å². The molecule has 270 valence electrons. The van der Waals surface area contributed by atoms with Gasteiger partial charge in [-0.05, 0) is 29.7 Å². The molecule has 0 saturated carbocycles. The molecule has 2 N–H and O–H groups in total. The Morgan fingerprint density at radius 1 is 0.760 bits per heavy atom. The van der Waals surface area contributed by atoms with E-state index >= 15 is 0 Å². The lowest BCUT2D eigenvalue weighted by molar-refractivity contribution is -0.137. The van der Waals surface area contributed by atoms with E-state index in [0.717, 1.165) is 27.3 Å². The molecule has 2 aliphatic rings. The van der Waals surface area contributed by atoms with Gasteiger partial charge in [-0.3, -0.25) is 28.9 Å². The van der Waals surface area contributed by atoms with Crippen molar-refractivity contribution >= 4 is 41.3 Å². The number of amides is 5. The molecule has 0 spiro atoms. The monoisotopic (exact) mass is 692 g/mol. The molecule has 5 amide bonds. The first kappa shape index (κ1) is 39.7. The molecule has 0 fully saturated rings. The van der Waals surface area contributed by atoms with Crippen LogP contribution in [0.5, 0.6) is 0 Å². The maximum absolute atomic E-state index is 13.3. The zero-order valence-electron chi connectivity index (χ0n) is 28.7. The van der Waals surface area contributed by atoms with Gasteiger partial charge < -0.3 is 34.5 Å². The van der Waals surface area contributed by atoms with Gasteiger partial charge in [0.15, 0.2) is 0 Å². The second-order valence-corrected chi connectivity index (χ2v) is 11.3. The molecule has 0 radical (unpaired) electrons. The van der Waals surface area contributed by atoms with Gasteiger partial charge in [0, 0.05) is 57.6 Å². The number of benzene rings is 1. The summed E-state index contributed by atoms with van der Waals surface area (Å²) in [5.41, 5.74) is 3.85. The normalized spacial score (nSPS) is 14.9. The third kappa shape index (κ3) is 14.4. The molecule has 1 aromatic rings. The highest BCUT2D eigenvalue weighted by Gasteiger charge is 2.23. The number of nitrogens with zero attached hydrogens (tertiary/aromatic N) is 2. The summed E-state index contributed by atoms with van der Waals surface area (Å²) in [5.74, 6) is -1.35. The Kier molecular flexibility index (Phi) is 18.2. The van der Waals surface area contributed by atoms with Gasteiger partial charge in [-0.15, -0.1) is 0 Å². The van der Waals surface area contributed by atoms with E-state index in [1.165, 1.54) is 12.2 Å². The van der Waals surface area contributed by atoms with Crippen LogP contribution in [-0.4, -0.2) is 113 Å². The van der Waals surface area contributed by atoms with E-state index in [9.17, 15) is 24.0 Å². The molecule has 3 rings (SSSR count). The van der Waals surface area contributed by atoms with Crippen LogP contribution in [0.3, 0.4) is 0 Å². The first-order chi connectivity index (χ1) is 24.3. The Labute approximate surface area is 293 Å². The minimum absolute atomic E-state index is 0.0367. The molecule has 2 aliphatic heterocycles. The third-order valence-electron chi connectivity index (χ3n) is 7.55. The third-order valence-corrected chi connectivity index (χ3v) is 7.55. The zero-order chi connectivity index (χ0) is 36.0. The number of carbonyl (C=O) groups excluding carboxylic acids is 5. The van der Waals surface area contributed by atoms with Crippen molar-refractivity contribution in [2.45, 2.75) is 26.2 Å². The van der Waals surface area contributed by atoms with E-state index in [4.69, 9.17) is 18.9 Å². The summed E-state index contributed by atoms with van der Waals surface area (Å²) in [6, 6.07) is 7.76. The predicted octanol–water partition coefficient (Wildman–Crippen LogP) is 2.50. The van der Waals surface area contributed by atoms with Crippen LogP contribution in [0.15, 0.2) is 78.4 Å². The molecule has 0 unspecified atom stereocenters. The molecular formula is C37H48N4O9. The number of ether oxygens (including phenoxy) is 4. The van der Waals surface area contributed by atoms with E-state index in [1.54, 1.807) is 11.0 Å². The van der Waals surface area contributed by atoms with Crippen LogP contribution in [0.4, 0.5) is 5.69 Å². The van der Waals surface area contributed by atoms with Gasteiger partial charge in [-0.2, -0.15) is 0 Å². The highest BCUT2D eigenvalue weighted by molar-refractivity contribution is 6.13. The minimum atomic E-state index is -0.408. The number of hydrogen-bond acceptors (Lipinski definition) is 9. The first-order valence-corrected chi connectivity index (χ1v) is 16.7. The molecule has 0 aromatic heterocycles. The molecule has 1 aromatic carbocycles. The summed E-state index contributed by atoms with van der Waals surface area (Å²) in [5, 5.41) is 5.48. The Morgan fingerprint density at radius 2 is 1.36 bits per heavy atom. The molecule has 0 aliphatic carbocycles. The Morgan fingerprint density at radius 3 is 2.04 bits per heavy atom. The quantitative estimate of drug-likeness (QED) is 0.100. The van der Waals surface area contributed by atoms with Gasteiger partial charge in [-0.1, -0.05) is 55.2 Å². The van der Waals surface area contributed by atoms with Gasteiger partial charge in [0.25, 0.3) is 11.8 Å². The van der Waals surface area contributed by atoms with Crippen molar-refractivity contribution in [1.82, 2.24) is 15.5 Å². The molecule has 13 heteroatoms. The molecule has 2 heterocycles. The van der Waals surface area contributed by atoms with Crippen molar-refractivity contribution in [3.63, 3.8) is 0 Å². The van der Waals surface area contributed by atoms with Gasteiger partial charge in [-0.25, -0.2) is 0 Å². The van der Waals surface area contributed by atoms with Crippen LogP contribution < -0.4 is 15.5 Å². The van der Waals surface area contributed by atoms with Crippen LogP contribution in [0.2, 0.25) is 0 Å². The number of nitrogens with one attached hydrogen (secondary N) is 2. The van der Waals surface area contributed by atoms with E-state index < -0.39 is 11.8 Å². The second-order valence-electron chi connectivity index (χ2n) is 11.3. The Bertz CT molecular complexity index is 1430. The molecule has 13 nitrogen and oxygen atoms in total. The van der Waals surface area contributed by atoms with Gasteiger partial charge in [0.05, 0.1) is 58.5 Å². The standard InChI is InChI=1S/C37H48N4O9/c1-3-4-7-30-10-11-31-8-5-6-9-32(31)41(28-29(30)2)37(46)14-17-38-34(43)16-20-47-22-24-49-26-27-50-25-23-48-21-18-39-33(42)15-19-40-35(44)12-13-36(40)45/h3-13H,1,14-28H2,2H3,(H,38,43)(H,39,42)/b7-4-,11-10-,30-29?.